The lowest BCUT2D eigenvalue weighted by atomic mass is 10.0. The van der Waals surface area contributed by atoms with Gasteiger partial charge in [-0.2, -0.15) is 0 Å². The van der Waals surface area contributed by atoms with E-state index in [4.69, 9.17) is 11.6 Å². The van der Waals surface area contributed by atoms with Crippen LogP contribution in [0.25, 0.3) is 0 Å². The Morgan fingerprint density at radius 1 is 0.917 bits per heavy atom. The Morgan fingerprint density at radius 3 is 2.14 bits per heavy atom. The van der Waals surface area contributed by atoms with Crippen LogP contribution in [0.2, 0.25) is 5.02 Å². The molecule has 3 aromatic rings. The third-order valence-corrected chi connectivity index (χ3v) is 7.44. The van der Waals surface area contributed by atoms with Crippen molar-refractivity contribution in [3.63, 3.8) is 0 Å². The quantitative estimate of drug-likeness (QED) is 0.199. The number of amides is 2. The van der Waals surface area contributed by atoms with Gasteiger partial charge in [-0.05, 0) is 60.9 Å². The summed E-state index contributed by atoms with van der Waals surface area (Å²) in [5.41, 5.74) is 2.04. The molecule has 0 saturated heterocycles. The molecule has 0 saturated carbocycles. The lowest BCUT2D eigenvalue weighted by Crippen LogP contribution is -2.52. The summed E-state index contributed by atoms with van der Waals surface area (Å²) in [5.74, 6) is 0.707. The summed E-state index contributed by atoms with van der Waals surface area (Å²) in [7, 11) is 0. The minimum absolute atomic E-state index is 0.00390. The number of carbonyl (C=O) groups is 2. The molecule has 0 bridgehead atoms. The van der Waals surface area contributed by atoms with E-state index in [-0.39, 0.29) is 17.9 Å². The largest absolute Gasteiger partial charge is 0.352 e. The molecule has 36 heavy (non-hydrogen) atoms. The lowest BCUT2D eigenvalue weighted by molar-refractivity contribution is -0.141. The van der Waals surface area contributed by atoms with Crippen molar-refractivity contribution in [2.24, 2.45) is 0 Å². The molecule has 2 amide bonds. The molecule has 0 aliphatic carbocycles. The van der Waals surface area contributed by atoms with E-state index in [1.165, 1.54) is 0 Å². The fraction of sp³-hybridized carbons (Fsp3) is 0.333. The smallest absolute Gasteiger partial charge is 0.243 e. The highest BCUT2D eigenvalue weighted by molar-refractivity contribution is 7.99. The molecule has 0 aliphatic rings. The highest BCUT2D eigenvalue weighted by Gasteiger charge is 2.30. The van der Waals surface area contributed by atoms with E-state index in [1.807, 2.05) is 98.8 Å². The predicted octanol–water partition coefficient (Wildman–Crippen LogP) is 6.77. The highest BCUT2D eigenvalue weighted by Crippen LogP contribution is 2.22. The van der Waals surface area contributed by atoms with Crippen LogP contribution in [-0.4, -0.2) is 34.6 Å². The summed E-state index contributed by atoms with van der Waals surface area (Å²) in [6.45, 7) is 4.44. The maximum atomic E-state index is 13.6. The zero-order chi connectivity index (χ0) is 25.8. The fourth-order valence-electron chi connectivity index (χ4n) is 3.86. The van der Waals surface area contributed by atoms with Gasteiger partial charge >= 0.3 is 0 Å². The van der Waals surface area contributed by atoms with Crippen molar-refractivity contribution in [2.45, 2.75) is 63.1 Å². The van der Waals surface area contributed by atoms with E-state index in [0.717, 1.165) is 34.6 Å². The second kappa shape index (κ2) is 14.7. The molecule has 1 N–H and O–H groups in total. The van der Waals surface area contributed by atoms with Crippen LogP contribution in [0.5, 0.6) is 0 Å². The van der Waals surface area contributed by atoms with Crippen molar-refractivity contribution in [3.8, 4) is 0 Å². The number of hydrogen-bond donors (Lipinski definition) is 1. The molecule has 190 valence electrons. The number of thioether (sulfide) groups is 1. The fourth-order valence-corrected chi connectivity index (χ4v) is 4.84. The molecule has 3 rings (SSSR count). The number of halogens is 1. The SMILES string of the molecule is CCC(C)NC(=O)C(Cc1ccccc1)N(Cc1ccccc1)C(=O)CCCSc1ccc(Cl)cc1. The van der Waals surface area contributed by atoms with Gasteiger partial charge in [0.2, 0.25) is 11.8 Å². The molecule has 0 aromatic heterocycles. The third kappa shape index (κ3) is 9.03. The topological polar surface area (TPSA) is 49.4 Å². The zero-order valence-corrected chi connectivity index (χ0v) is 22.6. The van der Waals surface area contributed by atoms with Crippen LogP contribution in [-0.2, 0) is 22.6 Å². The van der Waals surface area contributed by atoms with E-state index in [9.17, 15) is 9.59 Å². The number of hydrogen-bond acceptors (Lipinski definition) is 3. The van der Waals surface area contributed by atoms with Gasteiger partial charge in [0.05, 0.1) is 0 Å². The van der Waals surface area contributed by atoms with Crippen molar-refractivity contribution in [3.05, 3.63) is 101 Å². The summed E-state index contributed by atoms with van der Waals surface area (Å²) < 4.78 is 0. The van der Waals surface area contributed by atoms with Crippen LogP contribution in [0.1, 0.15) is 44.2 Å². The van der Waals surface area contributed by atoms with Gasteiger partial charge in [-0.3, -0.25) is 9.59 Å². The van der Waals surface area contributed by atoms with Crippen LogP contribution < -0.4 is 5.32 Å². The summed E-state index contributed by atoms with van der Waals surface area (Å²) in [5, 5.41) is 3.83. The van der Waals surface area contributed by atoms with Gasteiger partial charge in [0.25, 0.3) is 0 Å². The molecular weight excluding hydrogens is 488 g/mol. The van der Waals surface area contributed by atoms with Crippen LogP contribution in [0.3, 0.4) is 0 Å². The Labute approximate surface area is 224 Å². The van der Waals surface area contributed by atoms with E-state index in [2.05, 4.69) is 5.32 Å². The van der Waals surface area contributed by atoms with Crippen LogP contribution in [0.4, 0.5) is 0 Å². The van der Waals surface area contributed by atoms with E-state index < -0.39 is 6.04 Å². The first kappa shape index (κ1) is 27.8. The van der Waals surface area contributed by atoms with Gasteiger partial charge in [0, 0.05) is 35.3 Å². The number of nitrogens with one attached hydrogen (secondary N) is 1. The Balaban J connectivity index is 1.76. The van der Waals surface area contributed by atoms with Gasteiger partial charge < -0.3 is 10.2 Å². The van der Waals surface area contributed by atoms with E-state index in [1.54, 1.807) is 16.7 Å². The Kier molecular flexibility index (Phi) is 11.4. The average molecular weight is 523 g/mol. The molecule has 0 fully saturated rings. The molecule has 0 spiro atoms. The normalized spacial score (nSPS) is 12.5. The van der Waals surface area contributed by atoms with Gasteiger partial charge in [0.15, 0.2) is 0 Å². The van der Waals surface area contributed by atoms with Crippen molar-refractivity contribution < 1.29 is 9.59 Å². The third-order valence-electron chi connectivity index (χ3n) is 6.09. The number of rotatable bonds is 13. The van der Waals surface area contributed by atoms with Gasteiger partial charge in [-0.1, -0.05) is 79.2 Å². The second-order valence-electron chi connectivity index (χ2n) is 8.94. The van der Waals surface area contributed by atoms with Crippen molar-refractivity contribution in [1.29, 1.82) is 0 Å². The summed E-state index contributed by atoms with van der Waals surface area (Å²) >= 11 is 7.68. The molecule has 2 unspecified atom stereocenters. The summed E-state index contributed by atoms with van der Waals surface area (Å²) in [6, 6.07) is 27.0. The standard InChI is InChI=1S/C30H35ClN2O2S/c1-3-23(2)32-30(35)28(21-24-11-6-4-7-12-24)33(22-25-13-8-5-9-14-25)29(34)15-10-20-36-27-18-16-26(31)17-19-27/h4-9,11-14,16-19,23,28H,3,10,15,20-22H2,1-2H3,(H,32,35). The van der Waals surface area contributed by atoms with Crippen molar-refractivity contribution in [1.82, 2.24) is 10.2 Å². The van der Waals surface area contributed by atoms with Crippen molar-refractivity contribution >= 4 is 35.2 Å². The van der Waals surface area contributed by atoms with Crippen LogP contribution >= 0.6 is 23.4 Å². The first-order valence-electron chi connectivity index (χ1n) is 12.5. The predicted molar refractivity (Wildman–Crippen MR) is 150 cm³/mol. The summed E-state index contributed by atoms with van der Waals surface area (Å²) in [4.78, 5) is 30.0. The van der Waals surface area contributed by atoms with Gasteiger partial charge in [-0.15, -0.1) is 11.8 Å². The average Bonchev–Trinajstić information content (AvgIpc) is 2.90. The zero-order valence-electron chi connectivity index (χ0n) is 21.0. The minimum Gasteiger partial charge on any atom is -0.352 e. The maximum absolute atomic E-state index is 13.6. The molecular formula is C30H35ClN2O2S. The van der Waals surface area contributed by atoms with Gasteiger partial charge in [0.1, 0.15) is 6.04 Å². The molecule has 2 atom stereocenters. The first-order valence-corrected chi connectivity index (χ1v) is 13.9. The number of nitrogens with zero attached hydrogens (tertiary/aromatic N) is 1. The number of benzene rings is 3. The van der Waals surface area contributed by atoms with Crippen molar-refractivity contribution in [2.75, 3.05) is 5.75 Å². The lowest BCUT2D eigenvalue weighted by Gasteiger charge is -2.32. The Hall–Kier alpha value is -2.76. The first-order chi connectivity index (χ1) is 17.5. The Morgan fingerprint density at radius 2 is 1.53 bits per heavy atom. The molecule has 6 heteroatoms. The number of carbonyl (C=O) groups excluding carboxylic acids is 2. The molecule has 3 aromatic carbocycles. The monoisotopic (exact) mass is 522 g/mol. The summed E-state index contributed by atoms with van der Waals surface area (Å²) in [6.07, 6.45) is 2.41. The van der Waals surface area contributed by atoms with E-state index in [0.29, 0.717) is 24.4 Å². The van der Waals surface area contributed by atoms with E-state index >= 15 is 0 Å². The van der Waals surface area contributed by atoms with Crippen LogP contribution in [0.15, 0.2) is 89.8 Å². The molecule has 4 nitrogen and oxygen atoms in total. The van der Waals surface area contributed by atoms with Gasteiger partial charge in [-0.25, -0.2) is 0 Å². The maximum Gasteiger partial charge on any atom is 0.243 e. The van der Waals surface area contributed by atoms with Crippen LogP contribution in [0, 0.1) is 0 Å². The molecule has 0 aliphatic heterocycles. The highest BCUT2D eigenvalue weighted by atomic mass is 35.5. The minimum atomic E-state index is -0.585. The Bertz CT molecular complexity index is 1080. The second-order valence-corrected chi connectivity index (χ2v) is 10.5. The molecule has 0 radical (unpaired) electrons. The molecule has 0 heterocycles.